The van der Waals surface area contributed by atoms with Crippen molar-refractivity contribution in [2.45, 2.75) is 102 Å². The predicted octanol–water partition coefficient (Wildman–Crippen LogP) is 5.37. The molecule has 0 unspecified atom stereocenters. The number of nitrogens with one attached hydrogen (secondary N) is 3. The number of aliphatic imine (C=N–C) groups is 1. The van der Waals surface area contributed by atoms with Crippen molar-refractivity contribution in [1.29, 1.82) is 0 Å². The molecule has 2 aliphatic heterocycles. The quantitative estimate of drug-likeness (QED) is 0.0228. The zero-order valence-electron chi connectivity index (χ0n) is 40.1. The van der Waals surface area contributed by atoms with E-state index in [1.54, 1.807) is 49.9 Å². The van der Waals surface area contributed by atoms with E-state index in [1.807, 2.05) is 81.4 Å². The van der Waals surface area contributed by atoms with Gasteiger partial charge in [-0.25, -0.2) is 24.4 Å². The van der Waals surface area contributed by atoms with E-state index in [9.17, 15) is 24.0 Å². The highest BCUT2D eigenvalue weighted by molar-refractivity contribution is 7.14. The van der Waals surface area contributed by atoms with Crippen LogP contribution in [0, 0.1) is 0 Å². The summed E-state index contributed by atoms with van der Waals surface area (Å²) in [6.07, 6.45) is 0.429. The minimum Gasteiger partial charge on any atom is -0.489 e. The molecule has 2 saturated heterocycles. The Bertz CT molecular complexity index is 2640. The van der Waals surface area contributed by atoms with Gasteiger partial charge in [0.2, 0.25) is 5.91 Å². The first-order valence-electron chi connectivity index (χ1n) is 22.9. The van der Waals surface area contributed by atoms with Crippen molar-refractivity contribution in [2.75, 3.05) is 25.0 Å². The lowest BCUT2D eigenvalue weighted by atomic mass is 9.98. The molecule has 0 spiro atoms. The molecule has 71 heavy (non-hydrogen) atoms. The third kappa shape index (κ3) is 14.6. The molecule has 21 nitrogen and oxygen atoms in total. The summed E-state index contributed by atoms with van der Waals surface area (Å²) in [7, 11) is 0. The number of thiazole rings is 1. The number of hydrogen-bond donors (Lipinski definition) is 4. The molecular formula is C49H57N11O10S. The van der Waals surface area contributed by atoms with Gasteiger partial charge in [-0.15, -0.1) is 11.3 Å². The van der Waals surface area contributed by atoms with Crippen LogP contribution < -0.4 is 26.4 Å². The summed E-state index contributed by atoms with van der Waals surface area (Å²) in [5, 5.41) is 17.8. The maximum absolute atomic E-state index is 14.4. The molecule has 0 saturated carbocycles. The van der Waals surface area contributed by atoms with Gasteiger partial charge in [0.25, 0.3) is 12.0 Å². The zero-order chi connectivity index (χ0) is 50.7. The Morgan fingerprint density at radius 3 is 2.14 bits per heavy atom. The smallest absolute Gasteiger partial charge is 0.413 e. The minimum absolute atomic E-state index is 0.0609. The van der Waals surface area contributed by atoms with Crippen molar-refractivity contribution >= 4 is 58.0 Å². The summed E-state index contributed by atoms with van der Waals surface area (Å²) >= 11 is 0.969. The van der Waals surface area contributed by atoms with Crippen LogP contribution in [0.2, 0.25) is 0 Å². The number of β-lactam (4-membered cyclic amide) rings is 1. The van der Waals surface area contributed by atoms with Crippen molar-refractivity contribution < 1.29 is 47.8 Å². The van der Waals surface area contributed by atoms with Gasteiger partial charge in [-0.05, 0) is 89.8 Å². The van der Waals surface area contributed by atoms with Crippen molar-refractivity contribution in [3.05, 3.63) is 125 Å². The van der Waals surface area contributed by atoms with Crippen LogP contribution in [0.3, 0.4) is 0 Å². The number of likely N-dealkylation sites (tertiary alicyclic amines) is 1. The third-order valence-corrected chi connectivity index (χ3v) is 11.4. The van der Waals surface area contributed by atoms with E-state index in [0.717, 1.165) is 11.3 Å². The number of anilines is 1. The number of hydrogen-bond acceptors (Lipinski definition) is 16. The molecular weight excluding hydrogens is 935 g/mol. The molecule has 7 rings (SSSR count). The second kappa shape index (κ2) is 22.7. The topological polar surface area (TPSA) is 265 Å². The summed E-state index contributed by atoms with van der Waals surface area (Å²) in [5.74, 6) is -1.61. The van der Waals surface area contributed by atoms with Crippen molar-refractivity contribution in [3.63, 3.8) is 0 Å². The molecule has 2 aromatic heterocycles. The fourth-order valence-corrected chi connectivity index (χ4v) is 7.92. The number of aromatic nitrogens is 4. The molecule has 0 bridgehead atoms. The molecule has 3 atom stereocenters. The highest BCUT2D eigenvalue weighted by Crippen LogP contribution is 2.28. The molecule has 2 aliphatic rings. The molecule has 4 amide bonds. The first-order valence-corrected chi connectivity index (χ1v) is 23.7. The molecule has 374 valence electrons. The van der Waals surface area contributed by atoms with Crippen LogP contribution in [0.15, 0.2) is 113 Å². The van der Waals surface area contributed by atoms with E-state index >= 15 is 0 Å². The summed E-state index contributed by atoms with van der Waals surface area (Å²) < 4.78 is 24.7. The molecule has 2 fully saturated rings. The lowest BCUT2D eigenvalue weighted by Gasteiger charge is -2.36. The van der Waals surface area contributed by atoms with Crippen LogP contribution in [-0.2, 0) is 40.0 Å². The Morgan fingerprint density at radius 1 is 0.901 bits per heavy atom. The average molecular weight is 992 g/mol. The second-order valence-electron chi connectivity index (χ2n) is 18.6. The largest absolute Gasteiger partial charge is 0.489 e. The highest BCUT2D eigenvalue weighted by Gasteiger charge is 2.42. The van der Waals surface area contributed by atoms with Crippen LogP contribution in [0.5, 0.6) is 5.75 Å². The minimum atomic E-state index is -1.60. The number of nitrogens with zero attached hydrogens (tertiary/aromatic N) is 7. The van der Waals surface area contributed by atoms with Crippen LogP contribution in [0.25, 0.3) is 0 Å². The number of piperidine rings is 1. The Hall–Kier alpha value is -7.88. The number of amidine groups is 1. The lowest BCUT2D eigenvalue weighted by molar-refractivity contribution is -0.163. The highest BCUT2D eigenvalue weighted by atomic mass is 32.1. The maximum Gasteiger partial charge on any atom is 0.413 e. The zero-order valence-corrected chi connectivity index (χ0v) is 41.0. The van der Waals surface area contributed by atoms with Gasteiger partial charge < -0.3 is 45.1 Å². The van der Waals surface area contributed by atoms with Crippen LogP contribution in [-0.4, -0.2) is 121 Å². The van der Waals surface area contributed by atoms with Crippen molar-refractivity contribution in [1.82, 2.24) is 35.3 Å². The predicted molar refractivity (Wildman–Crippen MR) is 262 cm³/mol. The SMILES string of the molecule is CC(C)(C)OC(=O)Nc1nc(/C(=N/O[C@@H](COc2ccc(C(N)=NC3CCN(C(=O)OC(C)(C)C)CC3)cc2)C(=O)OC(c2ccccc2)c2ccccc2)C(=O)N[C@@H]2C(=O)N[C@@H]2Cn2cncn2)cs1. The molecule has 0 radical (unpaired) electrons. The summed E-state index contributed by atoms with van der Waals surface area (Å²) in [5.41, 5.74) is 6.52. The summed E-state index contributed by atoms with van der Waals surface area (Å²) in [6.45, 7) is 11.3. The monoisotopic (exact) mass is 991 g/mol. The van der Waals surface area contributed by atoms with Gasteiger partial charge >= 0.3 is 18.2 Å². The van der Waals surface area contributed by atoms with Gasteiger partial charge in [0.15, 0.2) is 16.9 Å². The van der Waals surface area contributed by atoms with Crippen molar-refractivity contribution in [3.8, 4) is 5.75 Å². The van der Waals surface area contributed by atoms with Gasteiger partial charge in [-0.2, -0.15) is 5.10 Å². The van der Waals surface area contributed by atoms with Gasteiger partial charge in [0.1, 0.15) is 53.8 Å². The average Bonchev–Trinajstić information content (AvgIpc) is 4.03. The summed E-state index contributed by atoms with van der Waals surface area (Å²) in [4.78, 5) is 87.3. The number of carbonyl (C=O) groups is 5. The Kier molecular flexibility index (Phi) is 16.3. The van der Waals surface area contributed by atoms with Crippen LogP contribution >= 0.6 is 11.3 Å². The third-order valence-electron chi connectivity index (χ3n) is 10.7. The van der Waals surface area contributed by atoms with E-state index in [2.05, 4.69) is 36.2 Å². The van der Waals surface area contributed by atoms with Gasteiger partial charge in [-0.3, -0.25) is 24.6 Å². The molecule has 3 aromatic carbocycles. The van der Waals surface area contributed by atoms with E-state index in [1.165, 1.54) is 22.7 Å². The number of esters is 1. The van der Waals surface area contributed by atoms with E-state index in [4.69, 9.17) is 34.5 Å². The second-order valence-corrected chi connectivity index (χ2v) is 19.4. The Balaban J connectivity index is 1.12. The number of amides is 4. The van der Waals surface area contributed by atoms with E-state index in [-0.39, 0.29) is 29.5 Å². The number of ether oxygens (including phenoxy) is 4. The maximum atomic E-state index is 14.4. The number of benzene rings is 3. The molecule has 0 aliphatic carbocycles. The first kappa shape index (κ1) is 51.0. The first-order chi connectivity index (χ1) is 33.9. The van der Waals surface area contributed by atoms with Gasteiger partial charge in [-0.1, -0.05) is 65.8 Å². The molecule has 5 aromatic rings. The standard InChI is InChI=1S/C49H57N11O10S/c1-48(2,3)68-46(64)57-45-55-36(27-71-45)39(43(62)56-38-35(54-42(38)61)25-60-29-51-28-52-60)58-70-37(44(63)67-40(30-13-9-7-10-14-30)31-15-11-8-12-16-31)26-66-34-19-17-32(18-20-34)41(50)53-33-21-23-59(24-22-33)47(65)69-49(4,5)6/h7-20,27-29,33,35,37-38,40H,21-26H2,1-6H3,(H2,50,53)(H,54,61)(H,56,62)(H,55,57,64)/b58-39-/t35-,37+,38+/m1/s1. The van der Waals surface area contributed by atoms with Crippen molar-refractivity contribution in [2.24, 2.45) is 15.9 Å². The van der Waals surface area contributed by atoms with E-state index in [0.29, 0.717) is 54.2 Å². The lowest BCUT2D eigenvalue weighted by Crippen LogP contribution is -2.70. The fraction of sp³-hybridized carbons (Fsp3) is 0.388. The van der Waals surface area contributed by atoms with Crippen LogP contribution in [0.1, 0.15) is 82.9 Å². The number of oxime groups is 1. The van der Waals surface area contributed by atoms with E-state index < -0.39 is 71.7 Å². The molecule has 5 N–H and O–H groups in total. The van der Waals surface area contributed by atoms with Gasteiger partial charge in [0, 0.05) is 24.0 Å². The summed E-state index contributed by atoms with van der Waals surface area (Å²) in [6, 6.07) is 23.3. The Labute approximate surface area is 414 Å². The number of rotatable bonds is 17. The molecule has 4 heterocycles. The van der Waals surface area contributed by atoms with Crippen LogP contribution in [0.4, 0.5) is 14.7 Å². The number of carbonyl (C=O) groups excluding carboxylic acids is 5. The molecule has 22 heteroatoms. The normalized spacial score (nSPS) is 17.1. The number of nitrogens with two attached hydrogens (primary N) is 1. The Morgan fingerprint density at radius 2 is 1.55 bits per heavy atom. The van der Waals surface area contributed by atoms with Gasteiger partial charge in [0.05, 0.1) is 18.6 Å². The fourth-order valence-electron chi connectivity index (χ4n) is 7.24.